The first-order valence-corrected chi connectivity index (χ1v) is 6.22. The zero-order chi connectivity index (χ0) is 12.3. The molecule has 3 heteroatoms. The highest BCUT2D eigenvalue weighted by Gasteiger charge is 2.25. The van der Waals surface area contributed by atoms with Crippen LogP contribution >= 0.6 is 0 Å². The quantitative estimate of drug-likeness (QED) is 0.784. The molecule has 17 heavy (non-hydrogen) atoms. The van der Waals surface area contributed by atoms with Gasteiger partial charge in [0.1, 0.15) is 12.2 Å². The van der Waals surface area contributed by atoms with E-state index in [0.717, 1.165) is 18.8 Å². The van der Waals surface area contributed by atoms with Crippen LogP contribution in [0.2, 0.25) is 0 Å². The van der Waals surface area contributed by atoms with Crippen LogP contribution in [0, 0.1) is 23.2 Å². The minimum atomic E-state index is 0.279. The summed E-state index contributed by atoms with van der Waals surface area (Å²) in [5.74, 6) is 2.15. The Morgan fingerprint density at radius 1 is 1.29 bits per heavy atom. The molecule has 0 saturated heterocycles. The van der Waals surface area contributed by atoms with Gasteiger partial charge in [-0.3, -0.25) is 0 Å². The molecule has 3 atom stereocenters. The standard InChI is InChI=1S/C14H18N2O/c1-10-3-5-13(7-11(10)2)17-14-6-4-12(8-15)9-16-14/h4,6,9-11,13H,3,5,7H2,1-2H3. The lowest BCUT2D eigenvalue weighted by atomic mass is 9.80. The molecule has 1 fully saturated rings. The number of hydrogen-bond acceptors (Lipinski definition) is 3. The van der Waals surface area contributed by atoms with Crippen molar-refractivity contribution >= 4 is 0 Å². The third kappa shape index (κ3) is 2.97. The van der Waals surface area contributed by atoms with Crippen LogP contribution in [0.3, 0.4) is 0 Å². The van der Waals surface area contributed by atoms with Gasteiger partial charge in [-0.25, -0.2) is 4.98 Å². The van der Waals surface area contributed by atoms with Crippen molar-refractivity contribution in [1.82, 2.24) is 4.98 Å². The van der Waals surface area contributed by atoms with E-state index in [-0.39, 0.29) is 6.10 Å². The Balaban J connectivity index is 1.94. The van der Waals surface area contributed by atoms with Crippen LogP contribution in [-0.4, -0.2) is 11.1 Å². The molecule has 1 aliphatic carbocycles. The van der Waals surface area contributed by atoms with Gasteiger partial charge in [0.05, 0.1) is 5.56 Å². The predicted molar refractivity (Wildman–Crippen MR) is 65.5 cm³/mol. The van der Waals surface area contributed by atoms with E-state index in [4.69, 9.17) is 10.00 Å². The zero-order valence-electron chi connectivity index (χ0n) is 10.4. The van der Waals surface area contributed by atoms with Crippen molar-refractivity contribution in [1.29, 1.82) is 5.26 Å². The molecule has 0 bridgehead atoms. The molecule has 1 aromatic rings. The van der Waals surface area contributed by atoms with Crippen LogP contribution in [0.4, 0.5) is 0 Å². The zero-order valence-corrected chi connectivity index (χ0v) is 10.4. The number of rotatable bonds is 2. The molecule has 1 heterocycles. The van der Waals surface area contributed by atoms with Crippen molar-refractivity contribution in [3.63, 3.8) is 0 Å². The van der Waals surface area contributed by atoms with E-state index in [9.17, 15) is 0 Å². The highest BCUT2D eigenvalue weighted by atomic mass is 16.5. The van der Waals surface area contributed by atoms with Crippen LogP contribution < -0.4 is 4.74 Å². The van der Waals surface area contributed by atoms with Crippen molar-refractivity contribution in [3.05, 3.63) is 23.9 Å². The summed E-state index contributed by atoms with van der Waals surface area (Å²) in [6, 6.07) is 5.58. The molecule has 1 aromatic heterocycles. The van der Waals surface area contributed by atoms with E-state index in [1.54, 1.807) is 18.3 Å². The van der Waals surface area contributed by atoms with Gasteiger partial charge in [-0.05, 0) is 37.2 Å². The average molecular weight is 230 g/mol. The number of nitriles is 1. The summed E-state index contributed by atoms with van der Waals surface area (Å²) in [6.07, 6.45) is 5.27. The van der Waals surface area contributed by atoms with Crippen LogP contribution in [-0.2, 0) is 0 Å². The second kappa shape index (κ2) is 5.18. The van der Waals surface area contributed by atoms with E-state index in [0.29, 0.717) is 17.4 Å². The molecule has 1 aliphatic rings. The largest absolute Gasteiger partial charge is 0.474 e. The number of ether oxygens (including phenoxy) is 1. The summed E-state index contributed by atoms with van der Waals surface area (Å²) >= 11 is 0. The Hall–Kier alpha value is -1.56. The Kier molecular flexibility index (Phi) is 3.63. The van der Waals surface area contributed by atoms with Gasteiger partial charge in [0.25, 0.3) is 0 Å². The molecule has 0 N–H and O–H groups in total. The fourth-order valence-electron chi connectivity index (χ4n) is 2.29. The lowest BCUT2D eigenvalue weighted by Crippen LogP contribution is -2.28. The van der Waals surface area contributed by atoms with E-state index in [1.807, 2.05) is 0 Å². The van der Waals surface area contributed by atoms with Crippen LogP contribution in [0.1, 0.15) is 38.7 Å². The van der Waals surface area contributed by atoms with Crippen molar-refractivity contribution in [3.8, 4) is 11.9 Å². The van der Waals surface area contributed by atoms with Crippen LogP contribution in [0.25, 0.3) is 0 Å². The summed E-state index contributed by atoms with van der Waals surface area (Å²) in [5, 5.41) is 8.68. The summed E-state index contributed by atoms with van der Waals surface area (Å²) in [5.41, 5.74) is 0.572. The van der Waals surface area contributed by atoms with Crippen molar-refractivity contribution in [2.75, 3.05) is 0 Å². The van der Waals surface area contributed by atoms with E-state index >= 15 is 0 Å². The van der Waals surface area contributed by atoms with Gasteiger partial charge in [0, 0.05) is 12.3 Å². The molecular formula is C14H18N2O. The minimum absolute atomic E-state index is 0.279. The normalized spacial score (nSPS) is 28.4. The van der Waals surface area contributed by atoms with Gasteiger partial charge in [0.15, 0.2) is 0 Å². The molecule has 3 unspecified atom stereocenters. The van der Waals surface area contributed by atoms with Gasteiger partial charge in [0.2, 0.25) is 5.88 Å². The van der Waals surface area contributed by atoms with Crippen LogP contribution in [0.5, 0.6) is 5.88 Å². The van der Waals surface area contributed by atoms with Gasteiger partial charge < -0.3 is 4.74 Å². The molecule has 3 nitrogen and oxygen atoms in total. The fourth-order valence-corrected chi connectivity index (χ4v) is 2.29. The number of hydrogen-bond donors (Lipinski definition) is 0. The van der Waals surface area contributed by atoms with Crippen molar-refractivity contribution < 1.29 is 4.74 Å². The molecule has 2 rings (SSSR count). The summed E-state index contributed by atoms with van der Waals surface area (Å²) in [4.78, 5) is 4.14. The van der Waals surface area contributed by atoms with Gasteiger partial charge >= 0.3 is 0 Å². The average Bonchev–Trinajstić information content (AvgIpc) is 2.35. The first-order chi connectivity index (χ1) is 8.19. The monoisotopic (exact) mass is 230 g/mol. The molecule has 0 aliphatic heterocycles. The fraction of sp³-hybridized carbons (Fsp3) is 0.571. The maximum Gasteiger partial charge on any atom is 0.213 e. The second-order valence-corrected chi connectivity index (χ2v) is 5.00. The lowest BCUT2D eigenvalue weighted by Gasteiger charge is -2.31. The SMILES string of the molecule is CC1CCC(Oc2ccc(C#N)cn2)CC1C. The topological polar surface area (TPSA) is 45.9 Å². The Morgan fingerprint density at radius 3 is 2.71 bits per heavy atom. The van der Waals surface area contributed by atoms with E-state index in [2.05, 4.69) is 24.9 Å². The lowest BCUT2D eigenvalue weighted by molar-refractivity contribution is 0.0964. The molecule has 0 amide bonds. The number of aromatic nitrogens is 1. The van der Waals surface area contributed by atoms with Gasteiger partial charge in [-0.2, -0.15) is 5.26 Å². The highest BCUT2D eigenvalue weighted by Crippen LogP contribution is 2.31. The van der Waals surface area contributed by atoms with Gasteiger partial charge in [-0.1, -0.05) is 13.8 Å². The third-order valence-electron chi connectivity index (χ3n) is 3.70. The van der Waals surface area contributed by atoms with E-state index in [1.165, 1.54) is 6.42 Å². The van der Waals surface area contributed by atoms with Crippen molar-refractivity contribution in [2.45, 2.75) is 39.2 Å². The maximum absolute atomic E-state index is 8.68. The van der Waals surface area contributed by atoms with E-state index < -0.39 is 0 Å². The molecule has 0 aromatic carbocycles. The first kappa shape index (κ1) is 11.9. The van der Waals surface area contributed by atoms with Gasteiger partial charge in [-0.15, -0.1) is 0 Å². The molecular weight excluding hydrogens is 212 g/mol. The summed E-state index contributed by atoms with van der Waals surface area (Å²) in [7, 11) is 0. The number of nitrogens with zero attached hydrogens (tertiary/aromatic N) is 2. The third-order valence-corrected chi connectivity index (χ3v) is 3.70. The maximum atomic E-state index is 8.68. The Morgan fingerprint density at radius 2 is 2.12 bits per heavy atom. The molecule has 0 spiro atoms. The van der Waals surface area contributed by atoms with Crippen LogP contribution in [0.15, 0.2) is 18.3 Å². The Bertz CT molecular complexity index is 407. The van der Waals surface area contributed by atoms with Crippen molar-refractivity contribution in [2.24, 2.45) is 11.8 Å². The summed E-state index contributed by atoms with van der Waals surface area (Å²) < 4.78 is 5.85. The summed E-state index contributed by atoms with van der Waals surface area (Å²) in [6.45, 7) is 4.59. The molecule has 90 valence electrons. The Labute approximate surface area is 102 Å². The molecule has 0 radical (unpaired) electrons. The number of pyridine rings is 1. The molecule has 1 saturated carbocycles. The predicted octanol–water partition coefficient (Wildman–Crippen LogP) is 3.16. The smallest absolute Gasteiger partial charge is 0.213 e. The first-order valence-electron chi connectivity index (χ1n) is 6.22. The minimum Gasteiger partial charge on any atom is -0.474 e. The second-order valence-electron chi connectivity index (χ2n) is 5.00. The highest BCUT2D eigenvalue weighted by molar-refractivity contribution is 5.28.